The van der Waals surface area contributed by atoms with Crippen LogP contribution in [0.15, 0.2) is 30.3 Å². The normalized spacial score (nSPS) is 14.9. The first-order chi connectivity index (χ1) is 11.2. The first-order valence-electron chi connectivity index (χ1n) is 7.83. The van der Waals surface area contributed by atoms with Crippen LogP contribution in [0.2, 0.25) is 0 Å². The van der Waals surface area contributed by atoms with Gasteiger partial charge >= 0.3 is 0 Å². The predicted molar refractivity (Wildman–Crippen MR) is 91.2 cm³/mol. The van der Waals surface area contributed by atoms with Crippen LogP contribution in [0.5, 0.6) is 0 Å². The van der Waals surface area contributed by atoms with E-state index in [0.29, 0.717) is 19.1 Å². The standard InChI is InChI=1S/C18H19N3OS/c1-11(14-7-5-4-6-8-14)17-12(2)23-18-15(17)9-22-10-16-20-19-13(3)21(16)18/h4-8,11H,9-10H2,1-3H3. The maximum Gasteiger partial charge on any atom is 0.164 e. The van der Waals surface area contributed by atoms with Crippen LogP contribution in [0.3, 0.4) is 0 Å². The Hall–Kier alpha value is -1.98. The van der Waals surface area contributed by atoms with Crippen molar-refractivity contribution in [3.05, 3.63) is 63.5 Å². The van der Waals surface area contributed by atoms with Gasteiger partial charge in [-0.1, -0.05) is 37.3 Å². The number of rotatable bonds is 2. The van der Waals surface area contributed by atoms with Crippen molar-refractivity contribution in [2.75, 3.05) is 0 Å². The van der Waals surface area contributed by atoms with Crippen molar-refractivity contribution in [1.29, 1.82) is 0 Å². The number of aromatic nitrogens is 3. The molecule has 0 spiro atoms. The minimum absolute atomic E-state index is 0.345. The van der Waals surface area contributed by atoms with Gasteiger partial charge in [0.25, 0.3) is 0 Å². The van der Waals surface area contributed by atoms with E-state index < -0.39 is 0 Å². The van der Waals surface area contributed by atoms with Crippen LogP contribution in [0, 0.1) is 13.8 Å². The van der Waals surface area contributed by atoms with Crippen LogP contribution in [-0.4, -0.2) is 14.8 Å². The third-order valence-electron chi connectivity index (χ3n) is 4.52. The van der Waals surface area contributed by atoms with E-state index in [1.54, 1.807) is 0 Å². The fourth-order valence-corrected chi connectivity index (χ4v) is 4.71. The lowest BCUT2D eigenvalue weighted by Crippen LogP contribution is -2.03. The average Bonchev–Trinajstić information content (AvgIpc) is 3.02. The minimum Gasteiger partial charge on any atom is -0.369 e. The summed E-state index contributed by atoms with van der Waals surface area (Å²) >= 11 is 1.82. The number of thiophene rings is 1. The van der Waals surface area contributed by atoms with Gasteiger partial charge < -0.3 is 4.74 Å². The molecule has 1 aliphatic heterocycles. The summed E-state index contributed by atoms with van der Waals surface area (Å²) in [6.07, 6.45) is 0. The summed E-state index contributed by atoms with van der Waals surface area (Å²) in [7, 11) is 0. The van der Waals surface area contributed by atoms with Gasteiger partial charge in [0, 0.05) is 16.4 Å². The Bertz CT molecular complexity index is 851. The van der Waals surface area contributed by atoms with E-state index in [2.05, 4.69) is 58.9 Å². The highest BCUT2D eigenvalue weighted by Crippen LogP contribution is 2.41. The topological polar surface area (TPSA) is 39.9 Å². The molecule has 0 amide bonds. The zero-order chi connectivity index (χ0) is 16.0. The molecule has 1 unspecified atom stereocenters. The minimum atomic E-state index is 0.345. The fraction of sp³-hybridized carbons (Fsp3) is 0.333. The second kappa shape index (κ2) is 5.58. The second-order valence-electron chi connectivity index (χ2n) is 5.98. The maximum atomic E-state index is 5.88. The molecule has 3 heterocycles. The summed E-state index contributed by atoms with van der Waals surface area (Å²) in [5.41, 5.74) is 4.00. The van der Waals surface area contributed by atoms with Gasteiger partial charge in [0.05, 0.1) is 6.61 Å². The first kappa shape index (κ1) is 14.6. The molecule has 4 nitrogen and oxygen atoms in total. The van der Waals surface area contributed by atoms with Gasteiger partial charge in [0.1, 0.15) is 17.4 Å². The van der Waals surface area contributed by atoms with Crippen LogP contribution in [0.25, 0.3) is 5.00 Å². The smallest absolute Gasteiger partial charge is 0.164 e. The Kier molecular flexibility index (Phi) is 3.54. The molecule has 2 aromatic heterocycles. The van der Waals surface area contributed by atoms with Crippen molar-refractivity contribution >= 4 is 11.3 Å². The van der Waals surface area contributed by atoms with Gasteiger partial charge in [-0.25, -0.2) is 0 Å². The summed E-state index contributed by atoms with van der Waals surface area (Å²) in [6.45, 7) is 7.62. The quantitative estimate of drug-likeness (QED) is 0.711. The van der Waals surface area contributed by atoms with E-state index in [-0.39, 0.29) is 0 Å². The highest BCUT2D eigenvalue weighted by molar-refractivity contribution is 7.14. The molecule has 4 rings (SSSR count). The Morgan fingerprint density at radius 2 is 1.91 bits per heavy atom. The van der Waals surface area contributed by atoms with E-state index in [1.165, 1.54) is 26.6 Å². The largest absolute Gasteiger partial charge is 0.369 e. The molecular formula is C18H19N3OS. The Labute approximate surface area is 139 Å². The third-order valence-corrected chi connectivity index (χ3v) is 5.67. The Balaban J connectivity index is 1.89. The lowest BCUT2D eigenvalue weighted by atomic mass is 9.90. The van der Waals surface area contributed by atoms with Gasteiger partial charge in [-0.2, -0.15) is 0 Å². The maximum absolute atomic E-state index is 5.88. The summed E-state index contributed by atoms with van der Waals surface area (Å²) in [6, 6.07) is 10.7. The lowest BCUT2D eigenvalue weighted by molar-refractivity contribution is 0.104. The summed E-state index contributed by atoms with van der Waals surface area (Å²) < 4.78 is 8.04. The van der Waals surface area contributed by atoms with Crippen molar-refractivity contribution in [3.63, 3.8) is 0 Å². The highest BCUT2D eigenvalue weighted by atomic mass is 32.1. The second-order valence-corrected chi connectivity index (χ2v) is 7.18. The van der Waals surface area contributed by atoms with Gasteiger partial charge in [0.2, 0.25) is 0 Å². The monoisotopic (exact) mass is 325 g/mol. The third kappa shape index (κ3) is 2.31. The molecule has 1 aromatic carbocycles. The Morgan fingerprint density at radius 3 is 2.70 bits per heavy atom. The molecule has 0 saturated carbocycles. The average molecular weight is 325 g/mol. The molecule has 5 heteroatoms. The fourth-order valence-electron chi connectivity index (χ4n) is 3.39. The zero-order valence-corrected chi connectivity index (χ0v) is 14.4. The number of benzene rings is 1. The van der Waals surface area contributed by atoms with Crippen LogP contribution >= 0.6 is 11.3 Å². The molecule has 23 heavy (non-hydrogen) atoms. The van der Waals surface area contributed by atoms with Crippen LogP contribution in [-0.2, 0) is 18.0 Å². The molecule has 0 bridgehead atoms. The van der Waals surface area contributed by atoms with Crippen molar-refractivity contribution in [2.45, 2.75) is 39.9 Å². The number of ether oxygens (including phenoxy) is 1. The summed E-state index contributed by atoms with van der Waals surface area (Å²) in [5, 5.41) is 9.69. The van der Waals surface area contributed by atoms with E-state index in [9.17, 15) is 0 Å². The molecule has 0 radical (unpaired) electrons. The molecule has 118 valence electrons. The SMILES string of the molecule is Cc1sc2c(c1C(C)c1ccccc1)COCc1nnc(C)n1-2. The molecule has 0 N–H and O–H groups in total. The van der Waals surface area contributed by atoms with Crippen molar-refractivity contribution in [2.24, 2.45) is 0 Å². The van der Waals surface area contributed by atoms with E-state index in [1.807, 2.05) is 18.3 Å². The number of nitrogens with zero attached hydrogens (tertiary/aromatic N) is 3. The number of fused-ring (bicyclic) bond motifs is 3. The van der Waals surface area contributed by atoms with Crippen molar-refractivity contribution in [1.82, 2.24) is 14.8 Å². The lowest BCUT2D eigenvalue weighted by Gasteiger charge is -2.15. The molecule has 0 saturated heterocycles. The number of hydrogen-bond acceptors (Lipinski definition) is 4. The predicted octanol–water partition coefficient (Wildman–Crippen LogP) is 4.13. The van der Waals surface area contributed by atoms with E-state index >= 15 is 0 Å². The summed E-state index contributed by atoms with van der Waals surface area (Å²) in [4.78, 5) is 1.34. The van der Waals surface area contributed by atoms with Gasteiger partial charge in [-0.3, -0.25) is 4.57 Å². The summed E-state index contributed by atoms with van der Waals surface area (Å²) in [5.74, 6) is 2.16. The Morgan fingerprint density at radius 1 is 1.13 bits per heavy atom. The first-order valence-corrected chi connectivity index (χ1v) is 8.64. The van der Waals surface area contributed by atoms with Crippen molar-refractivity contribution in [3.8, 4) is 5.00 Å². The van der Waals surface area contributed by atoms with Crippen LogP contribution < -0.4 is 0 Å². The number of hydrogen-bond donors (Lipinski definition) is 0. The van der Waals surface area contributed by atoms with Gasteiger partial charge in [-0.05, 0) is 25.0 Å². The molecule has 3 aromatic rings. The van der Waals surface area contributed by atoms with Crippen LogP contribution in [0.4, 0.5) is 0 Å². The van der Waals surface area contributed by atoms with E-state index in [4.69, 9.17) is 4.74 Å². The molecule has 1 atom stereocenters. The van der Waals surface area contributed by atoms with E-state index in [0.717, 1.165) is 11.6 Å². The molecular weight excluding hydrogens is 306 g/mol. The molecule has 0 fully saturated rings. The number of aryl methyl sites for hydroxylation is 2. The zero-order valence-electron chi connectivity index (χ0n) is 13.5. The molecule has 0 aliphatic carbocycles. The molecule has 1 aliphatic rings. The van der Waals surface area contributed by atoms with Crippen LogP contribution in [0.1, 0.15) is 46.1 Å². The van der Waals surface area contributed by atoms with Gasteiger partial charge in [-0.15, -0.1) is 21.5 Å². The highest BCUT2D eigenvalue weighted by Gasteiger charge is 2.27. The van der Waals surface area contributed by atoms with Gasteiger partial charge in [0.15, 0.2) is 5.82 Å². The van der Waals surface area contributed by atoms with Crippen molar-refractivity contribution < 1.29 is 4.74 Å².